The molecule has 2 unspecified atom stereocenters. The van der Waals surface area contributed by atoms with Crippen molar-refractivity contribution in [3.05, 3.63) is 65.7 Å². The lowest BCUT2D eigenvalue weighted by Crippen LogP contribution is -2.39. The van der Waals surface area contributed by atoms with Crippen molar-refractivity contribution < 1.29 is 19.4 Å². The highest BCUT2D eigenvalue weighted by molar-refractivity contribution is 5.82. The van der Waals surface area contributed by atoms with Crippen LogP contribution in [-0.2, 0) is 9.59 Å². The second kappa shape index (κ2) is 8.50. The first-order valence-corrected chi connectivity index (χ1v) is 7.74. The molecule has 128 valence electrons. The number of hydrogen-bond acceptors (Lipinski definition) is 4. The van der Waals surface area contributed by atoms with Gasteiger partial charge in [-0.1, -0.05) is 42.5 Å². The Morgan fingerprint density at radius 3 is 2.44 bits per heavy atom. The van der Waals surface area contributed by atoms with Gasteiger partial charge in [-0.3, -0.25) is 9.59 Å². The van der Waals surface area contributed by atoms with Crippen LogP contribution in [0.25, 0.3) is 0 Å². The first-order valence-electron chi connectivity index (χ1n) is 7.74. The average molecular weight is 338 g/mol. The molecule has 0 aliphatic heterocycles. The Labute approximate surface area is 145 Å². The summed E-state index contributed by atoms with van der Waals surface area (Å²) in [6.45, 7) is 1.55. The topological polar surface area (TPSA) is 99.4 Å². The Morgan fingerprint density at radius 2 is 1.80 bits per heavy atom. The van der Waals surface area contributed by atoms with E-state index in [9.17, 15) is 9.59 Å². The number of aliphatic carboxylic acids is 1. The number of nitrogens with one attached hydrogen (secondary N) is 1. The Morgan fingerprint density at radius 1 is 1.16 bits per heavy atom. The molecule has 0 bridgehead atoms. The molecular formula is C19H18N2O4. The van der Waals surface area contributed by atoms with Gasteiger partial charge in [0.25, 0.3) is 5.91 Å². The van der Waals surface area contributed by atoms with Crippen LogP contribution < -0.4 is 10.1 Å². The van der Waals surface area contributed by atoms with Crippen molar-refractivity contribution in [2.75, 3.05) is 0 Å². The van der Waals surface area contributed by atoms with Crippen molar-refractivity contribution in [2.24, 2.45) is 0 Å². The largest absolute Gasteiger partial charge is 0.481 e. The van der Waals surface area contributed by atoms with E-state index in [1.165, 1.54) is 0 Å². The number of rotatable bonds is 7. The van der Waals surface area contributed by atoms with Crippen molar-refractivity contribution in [2.45, 2.75) is 25.5 Å². The van der Waals surface area contributed by atoms with Crippen LogP contribution in [0.1, 0.15) is 30.5 Å². The first-order chi connectivity index (χ1) is 12.0. The molecule has 0 heterocycles. The van der Waals surface area contributed by atoms with Gasteiger partial charge in [0, 0.05) is 0 Å². The van der Waals surface area contributed by atoms with E-state index >= 15 is 0 Å². The molecule has 2 rings (SSSR count). The average Bonchev–Trinajstić information content (AvgIpc) is 2.62. The number of nitrogens with zero attached hydrogens (tertiary/aromatic N) is 1. The molecule has 2 aromatic rings. The summed E-state index contributed by atoms with van der Waals surface area (Å²) in [6.07, 6.45) is -1.12. The number of amides is 1. The molecule has 2 aromatic carbocycles. The third kappa shape index (κ3) is 5.08. The van der Waals surface area contributed by atoms with Crippen LogP contribution in [0, 0.1) is 11.3 Å². The van der Waals surface area contributed by atoms with Crippen molar-refractivity contribution >= 4 is 11.9 Å². The number of carboxylic acid groups (broad SMARTS) is 1. The predicted octanol–water partition coefficient (Wildman–Crippen LogP) is 2.66. The van der Waals surface area contributed by atoms with Crippen molar-refractivity contribution in [3.8, 4) is 11.8 Å². The van der Waals surface area contributed by atoms with E-state index < -0.39 is 24.0 Å². The fraction of sp³-hybridized carbons (Fsp3) is 0.211. The van der Waals surface area contributed by atoms with Gasteiger partial charge in [0.15, 0.2) is 6.10 Å². The monoisotopic (exact) mass is 338 g/mol. The molecule has 0 spiro atoms. The quantitative estimate of drug-likeness (QED) is 0.808. The van der Waals surface area contributed by atoms with Crippen LogP contribution in [0.4, 0.5) is 0 Å². The molecule has 0 saturated carbocycles. The van der Waals surface area contributed by atoms with Gasteiger partial charge in [-0.2, -0.15) is 5.26 Å². The summed E-state index contributed by atoms with van der Waals surface area (Å²) >= 11 is 0. The fourth-order valence-corrected chi connectivity index (χ4v) is 2.31. The smallest absolute Gasteiger partial charge is 0.305 e. The fourth-order valence-electron chi connectivity index (χ4n) is 2.31. The van der Waals surface area contributed by atoms with Gasteiger partial charge in [0.05, 0.1) is 18.0 Å². The van der Waals surface area contributed by atoms with Gasteiger partial charge in [0.1, 0.15) is 11.8 Å². The minimum atomic E-state index is -1.02. The number of benzene rings is 2. The second-order valence-corrected chi connectivity index (χ2v) is 5.44. The third-order valence-corrected chi connectivity index (χ3v) is 3.58. The second-order valence-electron chi connectivity index (χ2n) is 5.44. The van der Waals surface area contributed by atoms with Gasteiger partial charge >= 0.3 is 5.97 Å². The molecule has 0 aliphatic carbocycles. The molecule has 0 fully saturated rings. The zero-order valence-electron chi connectivity index (χ0n) is 13.7. The van der Waals surface area contributed by atoms with Crippen LogP contribution >= 0.6 is 0 Å². The minimum Gasteiger partial charge on any atom is -0.481 e. The molecule has 0 radical (unpaired) electrons. The van der Waals surface area contributed by atoms with E-state index in [2.05, 4.69) is 5.32 Å². The van der Waals surface area contributed by atoms with Crippen LogP contribution in [0.5, 0.6) is 5.75 Å². The summed E-state index contributed by atoms with van der Waals surface area (Å²) in [5.74, 6) is -1.16. The van der Waals surface area contributed by atoms with Crippen molar-refractivity contribution in [3.63, 3.8) is 0 Å². The van der Waals surface area contributed by atoms with E-state index in [-0.39, 0.29) is 6.42 Å². The predicted molar refractivity (Wildman–Crippen MR) is 90.8 cm³/mol. The van der Waals surface area contributed by atoms with Crippen molar-refractivity contribution in [1.29, 1.82) is 5.26 Å². The molecule has 6 heteroatoms. The maximum absolute atomic E-state index is 12.4. The zero-order chi connectivity index (χ0) is 18.2. The zero-order valence-corrected chi connectivity index (χ0v) is 13.7. The number of para-hydroxylation sites is 1. The summed E-state index contributed by atoms with van der Waals surface area (Å²) < 4.78 is 5.56. The number of carboxylic acids is 1. The summed E-state index contributed by atoms with van der Waals surface area (Å²) in [5, 5.41) is 20.8. The molecule has 2 N–H and O–H groups in total. The standard InChI is InChI=1S/C19H18N2O4/c1-13(25-17-10-6-5-9-15(17)12-20)19(24)21-16(11-18(22)23)14-7-3-2-4-8-14/h2-10,13,16H,11H2,1H3,(H,21,24)(H,22,23). The number of carbonyl (C=O) groups excluding carboxylic acids is 1. The normalized spacial score (nSPS) is 12.5. The lowest BCUT2D eigenvalue weighted by atomic mass is 10.0. The summed E-state index contributed by atoms with van der Waals surface area (Å²) in [6, 6.07) is 16.8. The van der Waals surface area contributed by atoms with Crippen LogP contribution in [0.3, 0.4) is 0 Å². The number of ether oxygens (including phenoxy) is 1. The number of nitriles is 1. The first kappa shape index (κ1) is 18.0. The van der Waals surface area contributed by atoms with Gasteiger partial charge in [-0.15, -0.1) is 0 Å². The van der Waals surface area contributed by atoms with Gasteiger partial charge in [0.2, 0.25) is 0 Å². The van der Waals surface area contributed by atoms with E-state index in [0.29, 0.717) is 16.9 Å². The summed E-state index contributed by atoms with van der Waals surface area (Å²) in [5.41, 5.74) is 1.02. The lowest BCUT2D eigenvalue weighted by Gasteiger charge is -2.21. The molecule has 25 heavy (non-hydrogen) atoms. The summed E-state index contributed by atoms with van der Waals surface area (Å²) in [7, 11) is 0. The molecule has 6 nitrogen and oxygen atoms in total. The molecule has 0 aliphatic rings. The van der Waals surface area contributed by atoms with E-state index in [0.717, 1.165) is 0 Å². The molecule has 1 amide bonds. The van der Waals surface area contributed by atoms with E-state index in [4.69, 9.17) is 15.1 Å². The lowest BCUT2D eigenvalue weighted by molar-refractivity contribution is -0.138. The van der Waals surface area contributed by atoms with Crippen LogP contribution in [0.15, 0.2) is 54.6 Å². The molecule has 0 saturated heterocycles. The Bertz CT molecular complexity index is 784. The highest BCUT2D eigenvalue weighted by Gasteiger charge is 2.22. The molecule has 0 aromatic heterocycles. The summed E-state index contributed by atoms with van der Waals surface area (Å²) in [4.78, 5) is 23.5. The SMILES string of the molecule is CC(Oc1ccccc1C#N)C(=O)NC(CC(=O)O)c1ccccc1. The van der Waals surface area contributed by atoms with Gasteiger partial charge in [-0.05, 0) is 24.6 Å². The highest BCUT2D eigenvalue weighted by atomic mass is 16.5. The molecule has 2 atom stereocenters. The van der Waals surface area contributed by atoms with Crippen LogP contribution in [-0.4, -0.2) is 23.1 Å². The van der Waals surface area contributed by atoms with Gasteiger partial charge in [-0.25, -0.2) is 0 Å². The minimum absolute atomic E-state index is 0.239. The Kier molecular flexibility index (Phi) is 6.13. The Hall–Kier alpha value is -3.33. The molecular weight excluding hydrogens is 320 g/mol. The number of carbonyl (C=O) groups is 2. The van der Waals surface area contributed by atoms with E-state index in [1.807, 2.05) is 12.1 Å². The maximum atomic E-state index is 12.4. The highest BCUT2D eigenvalue weighted by Crippen LogP contribution is 2.20. The van der Waals surface area contributed by atoms with Crippen molar-refractivity contribution in [1.82, 2.24) is 5.32 Å². The van der Waals surface area contributed by atoms with Gasteiger partial charge < -0.3 is 15.2 Å². The number of hydrogen-bond donors (Lipinski definition) is 2. The van der Waals surface area contributed by atoms with Crippen LogP contribution in [0.2, 0.25) is 0 Å². The third-order valence-electron chi connectivity index (χ3n) is 3.58. The maximum Gasteiger partial charge on any atom is 0.305 e. The van der Waals surface area contributed by atoms with E-state index in [1.54, 1.807) is 55.5 Å². The Balaban J connectivity index is 2.09.